The van der Waals surface area contributed by atoms with E-state index in [2.05, 4.69) is 27.3 Å². The molecule has 0 amide bonds. The number of anilines is 1. The van der Waals surface area contributed by atoms with Crippen molar-refractivity contribution in [3.63, 3.8) is 0 Å². The number of rotatable bonds is 8. The molecule has 11 heteroatoms. The van der Waals surface area contributed by atoms with Gasteiger partial charge in [0.25, 0.3) is 5.56 Å². The monoisotopic (exact) mass is 490 g/mol. The largest absolute Gasteiger partial charge is 0.493 e. The van der Waals surface area contributed by atoms with Crippen LogP contribution in [0.15, 0.2) is 16.9 Å². The first-order valence-corrected chi connectivity index (χ1v) is 11.9. The summed E-state index contributed by atoms with van der Waals surface area (Å²) in [5.41, 5.74) is 8.83. The van der Waals surface area contributed by atoms with Crippen molar-refractivity contribution in [3.05, 3.63) is 33.6 Å². The number of carbonyl (C=O) groups is 2. The zero-order valence-electron chi connectivity index (χ0n) is 20.0. The van der Waals surface area contributed by atoms with Gasteiger partial charge in [0.05, 0.1) is 36.4 Å². The third-order valence-electron chi connectivity index (χ3n) is 5.94. The highest BCUT2D eigenvalue weighted by molar-refractivity contribution is 5.98. The van der Waals surface area contributed by atoms with Gasteiger partial charge in [-0.05, 0) is 43.9 Å². The van der Waals surface area contributed by atoms with E-state index in [-0.39, 0.29) is 18.4 Å². The smallest absolute Gasteiger partial charge is 0.320 e. The predicted octanol–water partition coefficient (Wildman–Crippen LogP) is 1.38. The molecule has 0 saturated carbocycles. The van der Waals surface area contributed by atoms with Crippen molar-refractivity contribution >= 4 is 28.5 Å². The molecule has 11 nitrogen and oxygen atoms in total. The minimum absolute atomic E-state index is 0.0145. The van der Waals surface area contributed by atoms with E-state index in [1.54, 1.807) is 0 Å². The van der Waals surface area contributed by atoms with Crippen LogP contribution >= 0.6 is 0 Å². The Bertz CT molecular complexity index is 1100. The van der Waals surface area contributed by atoms with Gasteiger partial charge in [-0.25, -0.2) is 0 Å². The van der Waals surface area contributed by atoms with Crippen molar-refractivity contribution in [2.75, 3.05) is 44.8 Å². The first kappa shape index (κ1) is 26.5. The number of nitrogens with zero attached hydrogens (tertiary/aromatic N) is 1. The Morgan fingerprint density at radius 3 is 2.66 bits per heavy atom. The number of hydrogen-bond donors (Lipinski definition) is 5. The highest BCUT2D eigenvalue weighted by Crippen LogP contribution is 2.36. The van der Waals surface area contributed by atoms with Crippen molar-refractivity contribution in [2.45, 2.75) is 45.2 Å². The number of benzene rings is 1. The number of carboxylic acids is 2. The van der Waals surface area contributed by atoms with Crippen molar-refractivity contribution in [1.29, 1.82) is 0 Å². The summed E-state index contributed by atoms with van der Waals surface area (Å²) in [7, 11) is 0. The van der Waals surface area contributed by atoms with Crippen LogP contribution in [0.1, 0.15) is 37.3 Å². The predicted molar refractivity (Wildman–Crippen MR) is 131 cm³/mol. The number of nitrogens with one attached hydrogen (secondary N) is 2. The van der Waals surface area contributed by atoms with E-state index >= 15 is 0 Å². The van der Waals surface area contributed by atoms with E-state index in [1.807, 2.05) is 6.92 Å². The van der Waals surface area contributed by atoms with Gasteiger partial charge in [-0.3, -0.25) is 19.3 Å². The highest BCUT2D eigenvalue weighted by Gasteiger charge is 2.20. The molecule has 1 aromatic heterocycles. The second kappa shape index (κ2) is 12.5. The molecule has 2 aliphatic rings. The fraction of sp³-hybridized carbons (Fsp3) is 0.542. The molecule has 1 saturated heterocycles. The molecule has 1 fully saturated rings. The molecule has 0 bridgehead atoms. The Kier molecular flexibility index (Phi) is 9.47. The number of aromatic amines is 1. The van der Waals surface area contributed by atoms with Crippen LogP contribution in [0.4, 0.5) is 5.69 Å². The van der Waals surface area contributed by atoms with Crippen LogP contribution in [0.3, 0.4) is 0 Å². The van der Waals surface area contributed by atoms with Gasteiger partial charge in [-0.2, -0.15) is 0 Å². The number of fused-ring (bicyclic) bond motifs is 3. The molecule has 0 unspecified atom stereocenters. The van der Waals surface area contributed by atoms with Gasteiger partial charge >= 0.3 is 11.9 Å². The van der Waals surface area contributed by atoms with E-state index in [0.29, 0.717) is 6.61 Å². The number of H-pyrrole nitrogens is 1. The summed E-state index contributed by atoms with van der Waals surface area (Å²) in [5, 5.41) is 20.7. The minimum atomic E-state index is -1.17. The quantitative estimate of drug-likeness (QED) is 0.365. The zero-order valence-corrected chi connectivity index (χ0v) is 20.0. The third kappa shape index (κ3) is 7.17. The van der Waals surface area contributed by atoms with Crippen LogP contribution in [0, 0.1) is 0 Å². The third-order valence-corrected chi connectivity index (χ3v) is 5.94. The summed E-state index contributed by atoms with van der Waals surface area (Å²) in [6.07, 6.45) is 1.58. The lowest BCUT2D eigenvalue weighted by Crippen LogP contribution is -2.35. The molecule has 0 aliphatic carbocycles. The molecule has 35 heavy (non-hydrogen) atoms. The Hall–Kier alpha value is -3.15. The second-order valence-electron chi connectivity index (χ2n) is 8.55. The lowest BCUT2D eigenvalue weighted by Gasteiger charge is -2.27. The average Bonchev–Trinajstić information content (AvgIpc) is 2.83. The number of pyridine rings is 1. The van der Waals surface area contributed by atoms with E-state index < -0.39 is 18.0 Å². The topological polar surface area (TPSA) is 167 Å². The number of nitrogens with two attached hydrogens (primary N) is 1. The molecular formula is C24H34N4O7. The van der Waals surface area contributed by atoms with Gasteiger partial charge in [-0.15, -0.1) is 0 Å². The highest BCUT2D eigenvalue weighted by atomic mass is 16.5. The maximum Gasteiger partial charge on any atom is 0.320 e. The summed E-state index contributed by atoms with van der Waals surface area (Å²) in [6, 6.07) is 3.15. The van der Waals surface area contributed by atoms with E-state index in [4.69, 9.17) is 25.4 Å². The van der Waals surface area contributed by atoms with Crippen molar-refractivity contribution < 1.29 is 29.3 Å². The van der Waals surface area contributed by atoms with E-state index in [1.165, 1.54) is 0 Å². The fourth-order valence-electron chi connectivity index (χ4n) is 4.18. The van der Waals surface area contributed by atoms with Crippen LogP contribution < -0.4 is 21.3 Å². The van der Waals surface area contributed by atoms with Crippen molar-refractivity contribution in [3.8, 4) is 5.75 Å². The summed E-state index contributed by atoms with van der Waals surface area (Å²) >= 11 is 0. The SMILES string of the molecule is CCOc1cc(CN2CCOCC2)cc2[nH]c(=O)c3c(c12)NCCC3.N[C@@H](CCC(=O)O)C(=O)O. The maximum atomic E-state index is 12.5. The van der Waals surface area contributed by atoms with Crippen LogP contribution in [0.25, 0.3) is 10.9 Å². The van der Waals surface area contributed by atoms with Crippen molar-refractivity contribution in [2.24, 2.45) is 5.73 Å². The van der Waals surface area contributed by atoms with Gasteiger partial charge in [0.2, 0.25) is 0 Å². The Balaban J connectivity index is 0.000000292. The van der Waals surface area contributed by atoms with E-state index in [0.717, 1.165) is 85.7 Å². The molecule has 6 N–H and O–H groups in total. The number of aliphatic carboxylic acids is 2. The van der Waals surface area contributed by atoms with Gasteiger partial charge in [0, 0.05) is 38.2 Å². The lowest BCUT2D eigenvalue weighted by molar-refractivity contribution is -0.139. The number of morpholine rings is 1. The van der Waals surface area contributed by atoms with Crippen LogP contribution in [-0.2, 0) is 27.3 Å². The number of hydrogen-bond acceptors (Lipinski definition) is 8. The fourth-order valence-corrected chi connectivity index (χ4v) is 4.18. The molecule has 0 spiro atoms. The van der Waals surface area contributed by atoms with Crippen molar-refractivity contribution in [1.82, 2.24) is 9.88 Å². The normalized spacial score (nSPS) is 16.4. The lowest BCUT2D eigenvalue weighted by atomic mass is 9.99. The summed E-state index contributed by atoms with van der Waals surface area (Å²) in [4.78, 5) is 37.8. The van der Waals surface area contributed by atoms with Crippen LogP contribution in [-0.4, -0.2) is 77.5 Å². The molecule has 2 aliphatic heterocycles. The van der Waals surface area contributed by atoms with Gasteiger partial charge in [0.1, 0.15) is 11.8 Å². The number of ether oxygens (including phenoxy) is 2. The van der Waals surface area contributed by atoms with Crippen LogP contribution in [0.2, 0.25) is 0 Å². The Morgan fingerprint density at radius 2 is 2.00 bits per heavy atom. The maximum absolute atomic E-state index is 12.5. The van der Waals surface area contributed by atoms with Gasteiger partial charge in [0.15, 0.2) is 0 Å². The summed E-state index contributed by atoms with van der Waals surface area (Å²) in [6.45, 7) is 7.75. The Morgan fingerprint density at radius 1 is 1.26 bits per heavy atom. The minimum Gasteiger partial charge on any atom is -0.493 e. The molecule has 192 valence electrons. The summed E-state index contributed by atoms with van der Waals surface area (Å²) in [5.74, 6) is -1.34. The second-order valence-corrected chi connectivity index (χ2v) is 8.55. The number of aromatic nitrogens is 1. The Labute approximate surface area is 203 Å². The molecule has 1 aromatic carbocycles. The molecule has 4 rings (SSSR count). The average molecular weight is 491 g/mol. The standard InChI is InChI=1S/C19H25N3O3.C5H9NO4/c1-2-25-16-11-13(12-22-6-8-24-9-7-22)10-15-17(16)18-14(19(23)21-15)4-3-5-20-18;6-3(5(9)10)1-2-4(7)8/h10-11,20H,2-9,12H2,1H3,(H,21,23);3H,1-2,6H2,(H,7,8)(H,9,10)/t;3-/m.0/s1. The summed E-state index contributed by atoms with van der Waals surface area (Å²) < 4.78 is 11.4. The van der Waals surface area contributed by atoms with Gasteiger partial charge < -0.3 is 35.7 Å². The molecule has 0 radical (unpaired) electrons. The first-order chi connectivity index (χ1) is 16.8. The molecular weight excluding hydrogens is 456 g/mol. The zero-order chi connectivity index (χ0) is 25.4. The number of carboxylic acid groups (broad SMARTS) is 2. The van der Waals surface area contributed by atoms with Gasteiger partial charge in [-0.1, -0.05) is 0 Å². The first-order valence-electron chi connectivity index (χ1n) is 11.9. The van der Waals surface area contributed by atoms with Crippen LogP contribution in [0.5, 0.6) is 5.75 Å². The molecule has 2 aromatic rings. The van der Waals surface area contributed by atoms with E-state index in [9.17, 15) is 14.4 Å². The molecule has 1 atom stereocenters. The molecule has 3 heterocycles.